The number of benzene rings is 2. The van der Waals surface area contributed by atoms with Crippen molar-refractivity contribution in [3.8, 4) is 22.3 Å². The topological polar surface area (TPSA) is 29.0 Å². The van der Waals surface area contributed by atoms with E-state index in [1.54, 1.807) is 12.4 Å². The molecule has 130 valence electrons. The number of hydrogen-bond donors (Lipinski definition) is 0. The summed E-state index contributed by atoms with van der Waals surface area (Å²) < 4.78 is 0. The lowest BCUT2D eigenvalue weighted by molar-refractivity contribution is 1.11. The van der Waals surface area contributed by atoms with Gasteiger partial charge < -0.3 is 4.90 Å². The van der Waals surface area contributed by atoms with Crippen molar-refractivity contribution in [2.45, 2.75) is 9.79 Å². The maximum atomic E-state index is 4.25. The van der Waals surface area contributed by atoms with Crippen LogP contribution in [-0.4, -0.2) is 17.0 Å². The monoisotopic (exact) mass is 367 g/mol. The number of anilines is 2. The summed E-state index contributed by atoms with van der Waals surface area (Å²) in [5.41, 5.74) is 7.12. The third-order valence-electron chi connectivity index (χ3n) is 4.85. The Morgan fingerprint density at radius 3 is 1.63 bits per heavy atom. The zero-order chi connectivity index (χ0) is 18.2. The molecule has 27 heavy (non-hydrogen) atoms. The van der Waals surface area contributed by atoms with Crippen molar-refractivity contribution in [1.29, 1.82) is 0 Å². The quantitative estimate of drug-likeness (QED) is 0.432. The fourth-order valence-corrected chi connectivity index (χ4v) is 4.65. The van der Waals surface area contributed by atoms with Crippen LogP contribution < -0.4 is 4.90 Å². The van der Waals surface area contributed by atoms with Gasteiger partial charge in [0.2, 0.25) is 0 Å². The van der Waals surface area contributed by atoms with Crippen molar-refractivity contribution >= 4 is 23.1 Å². The molecule has 0 fully saturated rings. The van der Waals surface area contributed by atoms with Crippen LogP contribution >= 0.6 is 11.8 Å². The first-order valence-electron chi connectivity index (χ1n) is 8.80. The van der Waals surface area contributed by atoms with E-state index < -0.39 is 0 Å². The lowest BCUT2D eigenvalue weighted by Crippen LogP contribution is -2.14. The first-order valence-corrected chi connectivity index (χ1v) is 9.62. The summed E-state index contributed by atoms with van der Waals surface area (Å²) in [6.45, 7) is 0. The van der Waals surface area contributed by atoms with E-state index in [9.17, 15) is 0 Å². The zero-order valence-electron chi connectivity index (χ0n) is 14.8. The van der Waals surface area contributed by atoms with Gasteiger partial charge >= 0.3 is 0 Å². The predicted molar refractivity (Wildman–Crippen MR) is 112 cm³/mol. The van der Waals surface area contributed by atoms with Gasteiger partial charge in [-0.1, -0.05) is 36.0 Å². The molecule has 0 amide bonds. The summed E-state index contributed by atoms with van der Waals surface area (Å²) in [5, 5.41) is 0. The van der Waals surface area contributed by atoms with Gasteiger partial charge in [-0.3, -0.25) is 9.97 Å². The average molecular weight is 367 g/mol. The van der Waals surface area contributed by atoms with Gasteiger partial charge in [0, 0.05) is 52.8 Å². The number of fused-ring (bicyclic) bond motifs is 2. The second kappa shape index (κ2) is 6.56. The van der Waals surface area contributed by atoms with E-state index >= 15 is 0 Å². The van der Waals surface area contributed by atoms with Crippen LogP contribution in [0.4, 0.5) is 11.4 Å². The van der Waals surface area contributed by atoms with Crippen LogP contribution in [0.5, 0.6) is 0 Å². The maximum absolute atomic E-state index is 4.25. The van der Waals surface area contributed by atoms with Crippen LogP contribution in [0.1, 0.15) is 0 Å². The van der Waals surface area contributed by atoms with Crippen molar-refractivity contribution in [3.05, 3.63) is 85.5 Å². The molecule has 3 heterocycles. The van der Waals surface area contributed by atoms with Crippen LogP contribution in [0.15, 0.2) is 95.2 Å². The molecule has 2 aromatic heterocycles. The van der Waals surface area contributed by atoms with Crippen LogP contribution in [-0.2, 0) is 0 Å². The maximum Gasteiger partial charge on any atom is 0.0550 e. The van der Waals surface area contributed by atoms with E-state index in [1.165, 1.54) is 32.3 Å². The van der Waals surface area contributed by atoms with Crippen molar-refractivity contribution in [2.24, 2.45) is 0 Å². The van der Waals surface area contributed by atoms with Gasteiger partial charge in [0.25, 0.3) is 0 Å². The smallest absolute Gasteiger partial charge is 0.0550 e. The molecule has 2 aromatic carbocycles. The van der Waals surface area contributed by atoms with E-state index in [2.05, 4.69) is 70.4 Å². The normalized spacial score (nSPS) is 12.4. The molecule has 4 aromatic rings. The molecule has 0 unspecified atom stereocenters. The van der Waals surface area contributed by atoms with Crippen molar-refractivity contribution in [2.75, 3.05) is 11.9 Å². The standard InChI is InChI=1S/C23H17N3S/c1-26-20-8-6-16(18-4-2-10-24-14-18)12-22(20)27-23-13-17(7-9-21(23)26)19-5-3-11-25-15-19/h2-15H,1H3. The highest BCUT2D eigenvalue weighted by atomic mass is 32.2. The van der Waals surface area contributed by atoms with Crippen LogP contribution in [0.3, 0.4) is 0 Å². The highest BCUT2D eigenvalue weighted by molar-refractivity contribution is 7.99. The Morgan fingerprint density at radius 2 is 1.19 bits per heavy atom. The van der Waals surface area contributed by atoms with Crippen molar-refractivity contribution in [3.63, 3.8) is 0 Å². The van der Waals surface area contributed by atoms with Gasteiger partial charge in [0.05, 0.1) is 11.4 Å². The molecule has 1 aliphatic rings. The second-order valence-electron chi connectivity index (χ2n) is 6.51. The Kier molecular flexibility index (Phi) is 3.91. The van der Waals surface area contributed by atoms with E-state index in [0.29, 0.717) is 0 Å². The number of rotatable bonds is 2. The molecule has 4 heteroatoms. The van der Waals surface area contributed by atoms with E-state index in [0.717, 1.165) is 11.1 Å². The third-order valence-corrected chi connectivity index (χ3v) is 5.95. The Bertz CT molecular complexity index is 1020. The molecule has 0 bridgehead atoms. The van der Waals surface area contributed by atoms with Crippen molar-refractivity contribution < 1.29 is 0 Å². The van der Waals surface area contributed by atoms with Gasteiger partial charge in [0.15, 0.2) is 0 Å². The summed E-state index contributed by atoms with van der Waals surface area (Å²) in [6, 6.07) is 21.4. The molecule has 5 rings (SSSR count). The van der Waals surface area contributed by atoms with Crippen molar-refractivity contribution in [1.82, 2.24) is 9.97 Å². The lowest BCUT2D eigenvalue weighted by Gasteiger charge is -2.30. The highest BCUT2D eigenvalue weighted by Gasteiger charge is 2.21. The lowest BCUT2D eigenvalue weighted by atomic mass is 10.1. The second-order valence-corrected chi connectivity index (χ2v) is 7.59. The SMILES string of the molecule is CN1c2ccc(-c3cccnc3)cc2Sc2cc(-c3cccnc3)ccc21. The molecule has 0 spiro atoms. The third kappa shape index (κ3) is 2.88. The van der Waals surface area contributed by atoms with Crippen LogP contribution in [0, 0.1) is 0 Å². The predicted octanol–water partition coefficient (Wildman–Crippen LogP) is 6.04. The minimum absolute atomic E-state index is 1.14. The van der Waals surface area contributed by atoms with Gasteiger partial charge in [-0.15, -0.1) is 0 Å². The molecule has 0 radical (unpaired) electrons. The Balaban J connectivity index is 1.57. The highest BCUT2D eigenvalue weighted by Crippen LogP contribution is 2.49. The van der Waals surface area contributed by atoms with E-state index in [-0.39, 0.29) is 0 Å². The minimum Gasteiger partial charge on any atom is -0.343 e. The molecule has 0 saturated heterocycles. The Labute approximate surface area is 162 Å². The first kappa shape index (κ1) is 16.1. The molecule has 0 atom stereocenters. The average Bonchev–Trinajstić information content (AvgIpc) is 2.74. The number of pyridine rings is 2. The van der Waals surface area contributed by atoms with E-state index in [1.807, 2.05) is 36.3 Å². The number of aromatic nitrogens is 2. The zero-order valence-corrected chi connectivity index (χ0v) is 15.6. The molecule has 0 N–H and O–H groups in total. The summed E-state index contributed by atoms with van der Waals surface area (Å²) in [4.78, 5) is 13.3. The Hall–Kier alpha value is -3.11. The van der Waals surface area contributed by atoms with Crippen LogP contribution in [0.2, 0.25) is 0 Å². The van der Waals surface area contributed by atoms with Crippen LogP contribution in [0.25, 0.3) is 22.3 Å². The fourth-order valence-electron chi connectivity index (χ4n) is 3.42. The molecular weight excluding hydrogens is 350 g/mol. The van der Waals surface area contributed by atoms with Gasteiger partial charge in [0.1, 0.15) is 0 Å². The molecular formula is C23H17N3S. The summed E-state index contributed by atoms with van der Waals surface area (Å²) in [5.74, 6) is 0. The summed E-state index contributed by atoms with van der Waals surface area (Å²) in [6.07, 6.45) is 7.43. The minimum atomic E-state index is 1.14. The number of hydrogen-bond acceptors (Lipinski definition) is 4. The Morgan fingerprint density at radius 1 is 0.667 bits per heavy atom. The molecule has 3 nitrogen and oxygen atoms in total. The fraction of sp³-hybridized carbons (Fsp3) is 0.0435. The van der Waals surface area contributed by atoms with Gasteiger partial charge in [-0.2, -0.15) is 0 Å². The van der Waals surface area contributed by atoms with Gasteiger partial charge in [-0.25, -0.2) is 0 Å². The first-order chi connectivity index (χ1) is 13.3. The molecule has 0 saturated carbocycles. The molecule has 1 aliphatic heterocycles. The van der Waals surface area contributed by atoms with Gasteiger partial charge in [-0.05, 0) is 47.5 Å². The van der Waals surface area contributed by atoms with E-state index in [4.69, 9.17) is 0 Å². The molecule has 0 aliphatic carbocycles. The largest absolute Gasteiger partial charge is 0.343 e. The summed E-state index contributed by atoms with van der Waals surface area (Å²) >= 11 is 1.82. The summed E-state index contributed by atoms with van der Waals surface area (Å²) in [7, 11) is 2.13. The number of nitrogens with zero attached hydrogens (tertiary/aromatic N) is 3.